The van der Waals surface area contributed by atoms with Crippen LogP contribution in [0, 0.1) is 6.92 Å². The molecule has 20 heavy (non-hydrogen) atoms. The van der Waals surface area contributed by atoms with E-state index < -0.39 is 23.7 Å². The number of aromatic nitrogens is 1. The fourth-order valence-electron chi connectivity index (χ4n) is 2.36. The lowest BCUT2D eigenvalue weighted by Crippen LogP contribution is -2.58. The van der Waals surface area contributed by atoms with Gasteiger partial charge in [-0.1, -0.05) is 0 Å². The fourth-order valence-corrected chi connectivity index (χ4v) is 3.27. The molecule has 6 nitrogen and oxygen atoms in total. The molecule has 0 radical (unpaired) electrons. The number of carboxylic acids is 1. The van der Waals surface area contributed by atoms with Crippen LogP contribution in [-0.2, 0) is 14.3 Å². The second-order valence-electron chi connectivity index (χ2n) is 5.78. The van der Waals surface area contributed by atoms with Crippen LogP contribution in [0.5, 0.6) is 0 Å². The van der Waals surface area contributed by atoms with Crippen molar-refractivity contribution in [2.75, 3.05) is 6.61 Å². The van der Waals surface area contributed by atoms with E-state index in [0.717, 1.165) is 5.69 Å². The van der Waals surface area contributed by atoms with Crippen LogP contribution in [0.2, 0.25) is 0 Å². The topological polar surface area (TPSA) is 79.7 Å². The summed E-state index contributed by atoms with van der Waals surface area (Å²) in [6, 6.07) is -0.688. The number of rotatable bonds is 2. The van der Waals surface area contributed by atoms with Crippen LogP contribution in [0.4, 0.5) is 0 Å². The molecule has 1 aliphatic rings. The molecule has 2 atom stereocenters. The summed E-state index contributed by atoms with van der Waals surface area (Å²) in [5.41, 5.74) is 0.305. The van der Waals surface area contributed by atoms with Crippen molar-refractivity contribution in [3.63, 3.8) is 0 Å². The van der Waals surface area contributed by atoms with E-state index >= 15 is 0 Å². The zero-order valence-electron chi connectivity index (χ0n) is 11.9. The molecule has 1 aromatic heterocycles. The third-order valence-corrected chi connectivity index (χ3v) is 4.11. The molecule has 7 heteroatoms. The van der Waals surface area contributed by atoms with Crippen molar-refractivity contribution in [2.24, 2.45) is 0 Å². The van der Waals surface area contributed by atoms with E-state index in [-0.39, 0.29) is 12.5 Å². The van der Waals surface area contributed by atoms with Gasteiger partial charge in [0.15, 0.2) is 6.10 Å². The van der Waals surface area contributed by atoms with E-state index in [9.17, 15) is 14.7 Å². The van der Waals surface area contributed by atoms with E-state index in [2.05, 4.69) is 4.98 Å². The predicted molar refractivity (Wildman–Crippen MR) is 73.6 cm³/mol. The lowest BCUT2D eigenvalue weighted by Gasteiger charge is -2.45. The van der Waals surface area contributed by atoms with Crippen LogP contribution in [0.3, 0.4) is 0 Å². The molecule has 0 spiro atoms. The van der Waals surface area contributed by atoms with Gasteiger partial charge in [0.2, 0.25) is 5.91 Å². The lowest BCUT2D eigenvalue weighted by atomic mass is 9.98. The van der Waals surface area contributed by atoms with E-state index in [1.165, 1.54) is 11.3 Å². The monoisotopic (exact) mass is 298 g/mol. The first-order valence-corrected chi connectivity index (χ1v) is 7.18. The van der Waals surface area contributed by atoms with Gasteiger partial charge in [0, 0.05) is 16.6 Å². The van der Waals surface area contributed by atoms with Gasteiger partial charge in [0.05, 0.1) is 0 Å². The van der Waals surface area contributed by atoms with Crippen LogP contribution in [0.15, 0.2) is 5.38 Å². The third kappa shape index (κ3) is 2.69. The zero-order valence-corrected chi connectivity index (χ0v) is 12.7. The summed E-state index contributed by atoms with van der Waals surface area (Å²) >= 11 is 1.35. The highest BCUT2D eigenvalue weighted by Crippen LogP contribution is 2.37. The summed E-state index contributed by atoms with van der Waals surface area (Å²) in [6.07, 6.45) is -1.09. The van der Waals surface area contributed by atoms with Crippen LogP contribution in [0.1, 0.15) is 37.5 Å². The average molecular weight is 298 g/mol. The molecule has 0 saturated carbocycles. The maximum absolute atomic E-state index is 12.2. The van der Waals surface area contributed by atoms with Crippen molar-refractivity contribution in [3.8, 4) is 0 Å². The Morgan fingerprint density at radius 2 is 2.20 bits per heavy atom. The molecular weight excluding hydrogens is 280 g/mol. The molecule has 1 amide bonds. The van der Waals surface area contributed by atoms with E-state index in [1.807, 2.05) is 33.1 Å². The molecule has 0 bridgehead atoms. The summed E-state index contributed by atoms with van der Waals surface area (Å²) in [5.74, 6) is -1.29. The van der Waals surface area contributed by atoms with Gasteiger partial charge in [-0.15, -0.1) is 11.3 Å². The number of aliphatic carboxylic acids is 1. The van der Waals surface area contributed by atoms with Crippen molar-refractivity contribution in [2.45, 2.75) is 45.4 Å². The Kier molecular flexibility index (Phi) is 3.84. The fraction of sp³-hybridized carbons (Fsp3) is 0.615. The zero-order chi connectivity index (χ0) is 15.1. The van der Waals surface area contributed by atoms with Gasteiger partial charge in [0.25, 0.3) is 0 Å². The predicted octanol–water partition coefficient (Wildman–Crippen LogP) is 1.60. The van der Waals surface area contributed by atoms with E-state index in [4.69, 9.17) is 4.74 Å². The molecule has 1 aliphatic heterocycles. The molecular formula is C13H18N2O4S. The maximum Gasteiger partial charge on any atom is 0.335 e. The SMILES string of the molecule is Cc1csc(C2C(C(=O)O)OCC(=O)N2C(C)(C)C)n1. The molecule has 1 N–H and O–H groups in total. The van der Waals surface area contributed by atoms with Gasteiger partial charge < -0.3 is 14.7 Å². The smallest absolute Gasteiger partial charge is 0.335 e. The molecule has 1 saturated heterocycles. The minimum Gasteiger partial charge on any atom is -0.479 e. The first kappa shape index (κ1) is 14.9. The Morgan fingerprint density at radius 1 is 1.55 bits per heavy atom. The first-order chi connectivity index (χ1) is 9.21. The maximum atomic E-state index is 12.2. The van der Waals surface area contributed by atoms with E-state index in [0.29, 0.717) is 5.01 Å². The Bertz CT molecular complexity index is 535. The number of hydrogen-bond donors (Lipinski definition) is 1. The first-order valence-electron chi connectivity index (χ1n) is 6.30. The van der Waals surface area contributed by atoms with Crippen molar-refractivity contribution < 1.29 is 19.4 Å². The molecule has 1 aromatic rings. The number of aryl methyl sites for hydroxylation is 1. The minimum absolute atomic E-state index is 0.213. The number of morpholine rings is 1. The Labute approximate surface area is 121 Å². The van der Waals surface area contributed by atoms with Crippen molar-refractivity contribution in [1.29, 1.82) is 0 Å². The molecule has 1 fully saturated rings. The highest BCUT2D eigenvalue weighted by atomic mass is 32.1. The number of carboxylic acid groups (broad SMARTS) is 1. The van der Waals surface area contributed by atoms with Crippen LogP contribution < -0.4 is 0 Å². The summed E-state index contributed by atoms with van der Waals surface area (Å²) < 4.78 is 5.23. The van der Waals surface area contributed by atoms with Gasteiger partial charge in [-0.25, -0.2) is 9.78 Å². The molecule has 110 valence electrons. The van der Waals surface area contributed by atoms with Gasteiger partial charge in [-0.05, 0) is 27.7 Å². The second kappa shape index (κ2) is 5.14. The normalized spacial score (nSPS) is 24.0. The van der Waals surface area contributed by atoms with Crippen molar-refractivity contribution in [3.05, 3.63) is 16.1 Å². The highest BCUT2D eigenvalue weighted by Gasteiger charge is 2.47. The van der Waals surface area contributed by atoms with Gasteiger partial charge >= 0.3 is 5.97 Å². The Morgan fingerprint density at radius 3 is 2.65 bits per heavy atom. The number of thiazole rings is 1. The van der Waals surface area contributed by atoms with E-state index in [1.54, 1.807) is 4.90 Å². The summed E-state index contributed by atoms with van der Waals surface area (Å²) in [6.45, 7) is 7.26. The van der Waals surface area contributed by atoms with Crippen LogP contribution in [0.25, 0.3) is 0 Å². The molecule has 2 heterocycles. The number of carbonyl (C=O) groups excluding carboxylic acids is 1. The largest absolute Gasteiger partial charge is 0.479 e. The number of amides is 1. The number of ether oxygens (including phenoxy) is 1. The standard InChI is InChI=1S/C13H18N2O4S/c1-7-6-20-11(14-7)9-10(12(17)18)19-5-8(16)15(9)13(2,3)4/h6,9-10H,5H2,1-4H3,(H,17,18). The Balaban J connectivity index is 2.50. The summed E-state index contributed by atoms with van der Waals surface area (Å²) in [4.78, 5) is 29.5. The number of hydrogen-bond acceptors (Lipinski definition) is 5. The van der Waals surface area contributed by atoms with Gasteiger partial charge in [0.1, 0.15) is 17.7 Å². The van der Waals surface area contributed by atoms with Gasteiger partial charge in [-0.2, -0.15) is 0 Å². The van der Waals surface area contributed by atoms with Gasteiger partial charge in [-0.3, -0.25) is 4.79 Å². The minimum atomic E-state index is -1.09. The van der Waals surface area contributed by atoms with Crippen molar-refractivity contribution >= 4 is 23.2 Å². The third-order valence-electron chi connectivity index (χ3n) is 3.08. The second-order valence-corrected chi connectivity index (χ2v) is 6.67. The molecule has 2 unspecified atom stereocenters. The number of carbonyl (C=O) groups is 2. The quantitative estimate of drug-likeness (QED) is 0.897. The molecule has 2 rings (SSSR count). The number of nitrogens with zero attached hydrogens (tertiary/aromatic N) is 2. The lowest BCUT2D eigenvalue weighted by molar-refractivity contribution is -0.179. The average Bonchev–Trinajstić information content (AvgIpc) is 2.73. The molecule has 0 aromatic carbocycles. The summed E-state index contributed by atoms with van der Waals surface area (Å²) in [7, 11) is 0. The van der Waals surface area contributed by atoms with Crippen molar-refractivity contribution in [1.82, 2.24) is 9.88 Å². The molecule has 0 aliphatic carbocycles. The highest BCUT2D eigenvalue weighted by molar-refractivity contribution is 7.09. The van der Waals surface area contributed by atoms with Crippen LogP contribution >= 0.6 is 11.3 Å². The van der Waals surface area contributed by atoms with Crippen LogP contribution in [-0.4, -0.2) is 45.1 Å². The summed E-state index contributed by atoms with van der Waals surface area (Å²) in [5, 5.41) is 11.8. The Hall–Kier alpha value is -1.47.